The molecule has 3 aromatic heterocycles. The summed E-state index contributed by atoms with van der Waals surface area (Å²) in [5.41, 5.74) is 1.93. The lowest BCUT2D eigenvalue weighted by Crippen LogP contribution is -2.52. The minimum atomic E-state index is -0.646. The van der Waals surface area contributed by atoms with E-state index in [1.165, 1.54) is 6.92 Å². The van der Waals surface area contributed by atoms with E-state index in [9.17, 15) is 9.59 Å². The number of anilines is 2. The monoisotopic (exact) mass is 514 g/mol. The number of halogens is 1. The van der Waals surface area contributed by atoms with Crippen molar-refractivity contribution >= 4 is 40.8 Å². The molecule has 1 amide bonds. The number of nitrogens with zero attached hydrogens (tertiary/aromatic N) is 4. The lowest BCUT2D eigenvalue weighted by molar-refractivity contribution is -0.152. The molecule has 10 nitrogen and oxygen atoms in total. The van der Waals surface area contributed by atoms with Gasteiger partial charge in [0.1, 0.15) is 16.9 Å². The number of imidazole rings is 1. The van der Waals surface area contributed by atoms with Crippen LogP contribution in [0.25, 0.3) is 5.52 Å². The van der Waals surface area contributed by atoms with Crippen molar-refractivity contribution in [3.8, 4) is 0 Å². The van der Waals surface area contributed by atoms with Gasteiger partial charge in [-0.15, -0.1) is 0 Å². The number of carbonyl (C=O) groups excluding carboxylic acids is 2. The van der Waals surface area contributed by atoms with E-state index in [1.54, 1.807) is 49.9 Å². The summed E-state index contributed by atoms with van der Waals surface area (Å²) in [6, 6.07) is 5.07. The average molecular weight is 515 g/mol. The molecule has 0 aromatic carbocycles. The van der Waals surface area contributed by atoms with Gasteiger partial charge in [-0.3, -0.25) is 9.78 Å². The Morgan fingerprint density at radius 2 is 1.94 bits per heavy atom. The van der Waals surface area contributed by atoms with Crippen LogP contribution in [0.15, 0.2) is 36.8 Å². The fourth-order valence-corrected chi connectivity index (χ4v) is 4.83. The summed E-state index contributed by atoms with van der Waals surface area (Å²) in [5, 5.41) is 11.0. The molecule has 3 aromatic rings. The maximum Gasteiger partial charge on any atom is 0.408 e. The van der Waals surface area contributed by atoms with Gasteiger partial charge in [0.25, 0.3) is 0 Å². The number of rotatable bonds is 5. The summed E-state index contributed by atoms with van der Waals surface area (Å²) >= 11 is 6.09. The van der Waals surface area contributed by atoms with E-state index in [2.05, 4.69) is 25.7 Å². The van der Waals surface area contributed by atoms with Gasteiger partial charge in [0.2, 0.25) is 5.95 Å². The van der Waals surface area contributed by atoms with Crippen molar-refractivity contribution in [2.24, 2.45) is 5.92 Å². The van der Waals surface area contributed by atoms with Crippen molar-refractivity contribution in [1.29, 1.82) is 0 Å². The average Bonchev–Trinajstić information content (AvgIpc) is 3.16. The predicted octanol–water partition coefficient (Wildman–Crippen LogP) is 4.86. The van der Waals surface area contributed by atoms with Crippen LogP contribution in [-0.2, 0) is 14.3 Å². The van der Waals surface area contributed by atoms with Gasteiger partial charge >= 0.3 is 12.1 Å². The molecule has 36 heavy (non-hydrogen) atoms. The second kappa shape index (κ2) is 10.3. The number of ether oxygens (including phenoxy) is 2. The number of amides is 1. The van der Waals surface area contributed by atoms with Crippen molar-refractivity contribution in [3.63, 3.8) is 0 Å². The molecular formula is C25H31ClN6O4. The lowest BCUT2D eigenvalue weighted by Gasteiger charge is -2.40. The van der Waals surface area contributed by atoms with Gasteiger partial charge in [-0.2, -0.15) is 9.61 Å². The Morgan fingerprint density at radius 3 is 2.67 bits per heavy atom. The summed E-state index contributed by atoms with van der Waals surface area (Å²) in [6.45, 7) is 8.81. The van der Waals surface area contributed by atoms with E-state index in [1.807, 2.05) is 19.1 Å². The van der Waals surface area contributed by atoms with Crippen LogP contribution in [0.5, 0.6) is 0 Å². The Kier molecular flexibility index (Phi) is 7.35. The molecule has 4 unspecified atom stereocenters. The first kappa shape index (κ1) is 25.7. The first-order valence-corrected chi connectivity index (χ1v) is 12.3. The van der Waals surface area contributed by atoms with Crippen molar-refractivity contribution in [1.82, 2.24) is 24.9 Å². The third-order valence-electron chi connectivity index (χ3n) is 6.05. The summed E-state index contributed by atoms with van der Waals surface area (Å²) < 4.78 is 12.7. The van der Waals surface area contributed by atoms with Crippen LogP contribution in [-0.4, -0.2) is 49.4 Å². The Balaban J connectivity index is 1.61. The third-order valence-corrected chi connectivity index (χ3v) is 6.25. The number of hydrogen-bond donors (Lipinski definition) is 2. The van der Waals surface area contributed by atoms with Crippen LogP contribution < -0.4 is 10.6 Å². The largest absolute Gasteiger partial charge is 0.460 e. The molecular weight excluding hydrogens is 484 g/mol. The fourth-order valence-electron chi connectivity index (χ4n) is 4.69. The molecule has 11 heteroatoms. The molecule has 1 fully saturated rings. The second-order valence-corrected chi connectivity index (χ2v) is 10.5. The number of alkyl carbamates (subject to hydrolysis) is 1. The molecule has 0 saturated heterocycles. The van der Waals surface area contributed by atoms with Gasteiger partial charge in [-0.05, 0) is 69.2 Å². The summed E-state index contributed by atoms with van der Waals surface area (Å²) in [4.78, 5) is 33.2. The highest BCUT2D eigenvalue weighted by molar-refractivity contribution is 6.29. The van der Waals surface area contributed by atoms with Crippen molar-refractivity contribution in [3.05, 3.63) is 47.5 Å². The smallest absolute Gasteiger partial charge is 0.408 e. The van der Waals surface area contributed by atoms with Gasteiger partial charge < -0.3 is 20.1 Å². The van der Waals surface area contributed by atoms with Crippen LogP contribution in [0, 0.1) is 5.92 Å². The molecule has 3 heterocycles. The Labute approximate surface area is 214 Å². The third kappa shape index (κ3) is 6.04. The van der Waals surface area contributed by atoms with Gasteiger partial charge in [-0.1, -0.05) is 18.5 Å². The minimum absolute atomic E-state index is 0.0127. The van der Waals surface area contributed by atoms with Crippen LogP contribution in [0.3, 0.4) is 0 Å². The minimum Gasteiger partial charge on any atom is -0.460 e. The molecule has 0 radical (unpaired) electrons. The molecule has 4 rings (SSSR count). The van der Waals surface area contributed by atoms with E-state index in [0.29, 0.717) is 17.5 Å². The second-order valence-electron chi connectivity index (χ2n) is 10.1. The van der Waals surface area contributed by atoms with Crippen LogP contribution in [0.2, 0.25) is 5.15 Å². The first-order chi connectivity index (χ1) is 17.0. The molecule has 0 aliphatic heterocycles. The predicted molar refractivity (Wildman–Crippen MR) is 135 cm³/mol. The van der Waals surface area contributed by atoms with Crippen molar-refractivity contribution in [2.45, 2.75) is 71.1 Å². The highest BCUT2D eigenvalue weighted by Gasteiger charge is 2.40. The molecule has 1 aliphatic carbocycles. The Bertz CT molecular complexity index is 1260. The number of fused-ring (bicyclic) bond motifs is 1. The van der Waals surface area contributed by atoms with Crippen molar-refractivity contribution < 1.29 is 19.1 Å². The zero-order valence-electron chi connectivity index (χ0n) is 21.0. The maximum absolute atomic E-state index is 12.6. The quantitative estimate of drug-likeness (QED) is 0.463. The van der Waals surface area contributed by atoms with E-state index < -0.39 is 23.8 Å². The fraction of sp³-hybridized carbons (Fsp3) is 0.480. The molecule has 1 saturated carbocycles. The van der Waals surface area contributed by atoms with E-state index >= 15 is 0 Å². The molecule has 192 valence electrons. The van der Waals surface area contributed by atoms with Crippen LogP contribution >= 0.6 is 11.6 Å². The molecule has 4 atom stereocenters. The van der Waals surface area contributed by atoms with Gasteiger partial charge in [0.05, 0.1) is 29.6 Å². The Hall–Kier alpha value is -3.40. The zero-order valence-corrected chi connectivity index (χ0v) is 21.7. The number of pyridine rings is 1. The highest BCUT2D eigenvalue weighted by Crippen LogP contribution is 2.41. The van der Waals surface area contributed by atoms with Gasteiger partial charge in [0, 0.05) is 13.1 Å². The Morgan fingerprint density at radius 1 is 1.17 bits per heavy atom. The van der Waals surface area contributed by atoms with E-state index in [4.69, 9.17) is 21.1 Å². The summed E-state index contributed by atoms with van der Waals surface area (Å²) in [5.74, 6) is 0.151. The number of esters is 1. The highest BCUT2D eigenvalue weighted by atomic mass is 35.5. The van der Waals surface area contributed by atoms with Crippen LogP contribution in [0.4, 0.5) is 16.4 Å². The number of nitrogens with one attached hydrogen (secondary N) is 2. The van der Waals surface area contributed by atoms with Gasteiger partial charge in [-0.25, -0.2) is 9.78 Å². The normalized spacial score (nSPS) is 22.2. The first-order valence-electron chi connectivity index (χ1n) is 11.9. The molecule has 1 aliphatic rings. The number of hydrogen-bond acceptors (Lipinski definition) is 8. The topological polar surface area (TPSA) is 120 Å². The molecule has 0 spiro atoms. The van der Waals surface area contributed by atoms with Gasteiger partial charge in [0.15, 0.2) is 0 Å². The molecule has 0 bridgehead atoms. The zero-order chi connectivity index (χ0) is 26.0. The summed E-state index contributed by atoms with van der Waals surface area (Å²) in [7, 11) is 0. The van der Waals surface area contributed by atoms with E-state index in [0.717, 1.165) is 23.2 Å². The SMILES string of the molecule is CC(=O)OC1C(C)CC(c2ccncc2Nc2ncc3ccc(Cl)nn23)CC1NC(=O)OC(C)(C)C. The molecule has 2 N–H and O–H groups in total. The maximum atomic E-state index is 12.6. The van der Waals surface area contributed by atoms with E-state index in [-0.39, 0.29) is 17.8 Å². The summed E-state index contributed by atoms with van der Waals surface area (Å²) in [6.07, 6.45) is 5.46. The standard InChI is InChI=1S/C25H31ClN6O4/c1-14-10-16(11-19(22(14)35-15(2)33)30-24(34)36-25(3,4)5)18-8-9-27-13-20(18)29-23-28-12-17-6-7-21(26)31-32(17)23/h6-9,12-14,16,19,22H,10-11H2,1-5H3,(H,28,29)(H,30,34). The van der Waals surface area contributed by atoms with Crippen molar-refractivity contribution in [2.75, 3.05) is 5.32 Å². The van der Waals surface area contributed by atoms with Crippen LogP contribution in [0.1, 0.15) is 58.9 Å². The number of carbonyl (C=O) groups is 2. The lowest BCUT2D eigenvalue weighted by atomic mass is 9.74. The number of aromatic nitrogens is 4.